The molecule has 6 heteroatoms. The smallest absolute Gasteiger partial charge is 0.241 e. The molecule has 2 aromatic rings. The van der Waals surface area contributed by atoms with Gasteiger partial charge in [0, 0.05) is 19.5 Å². The highest BCUT2D eigenvalue weighted by Gasteiger charge is 2.37. The lowest BCUT2D eigenvalue weighted by Gasteiger charge is -2.38. The maximum absolute atomic E-state index is 11.0. The molecule has 0 unspecified atom stereocenters. The zero-order valence-corrected chi connectivity index (χ0v) is 19.9. The van der Waals surface area contributed by atoms with E-state index >= 15 is 0 Å². The molecule has 1 N–H and O–H groups in total. The summed E-state index contributed by atoms with van der Waals surface area (Å²) in [5.74, 6) is 1.90. The van der Waals surface area contributed by atoms with Crippen LogP contribution in [0.15, 0.2) is 12.1 Å². The standard InChI is InChI=1S/C25H37N3O3/c1-7-12-28(13-8-2)22-19(16-25(29)10-9-11-25)26-23(27-24(22)31-6)21-18(4)14-17(3)15-20(21)30-5/h14-15,29H,7-13,16H2,1-6H3. The molecule has 0 amide bonds. The third-order valence-corrected chi connectivity index (χ3v) is 6.09. The van der Waals surface area contributed by atoms with Gasteiger partial charge in [-0.05, 0) is 63.1 Å². The van der Waals surface area contributed by atoms with Gasteiger partial charge in [0.25, 0.3) is 0 Å². The van der Waals surface area contributed by atoms with Crippen LogP contribution in [0.3, 0.4) is 0 Å². The molecule has 0 radical (unpaired) electrons. The van der Waals surface area contributed by atoms with E-state index in [1.165, 1.54) is 0 Å². The second kappa shape index (κ2) is 9.86. The van der Waals surface area contributed by atoms with Crippen molar-refractivity contribution in [3.63, 3.8) is 0 Å². The first-order valence-electron chi connectivity index (χ1n) is 11.4. The molecule has 0 bridgehead atoms. The highest BCUT2D eigenvalue weighted by Crippen LogP contribution is 2.41. The Balaban J connectivity index is 2.22. The quantitative estimate of drug-likeness (QED) is 0.584. The number of methoxy groups -OCH3 is 2. The van der Waals surface area contributed by atoms with Crippen molar-refractivity contribution in [1.29, 1.82) is 0 Å². The van der Waals surface area contributed by atoms with Crippen LogP contribution in [0.4, 0.5) is 5.69 Å². The van der Waals surface area contributed by atoms with Crippen LogP contribution in [0, 0.1) is 13.8 Å². The number of benzene rings is 1. The summed E-state index contributed by atoms with van der Waals surface area (Å²) in [6.45, 7) is 10.2. The van der Waals surface area contributed by atoms with Gasteiger partial charge in [-0.1, -0.05) is 19.9 Å². The van der Waals surface area contributed by atoms with Crippen LogP contribution in [0.25, 0.3) is 11.4 Å². The molecular weight excluding hydrogens is 390 g/mol. The topological polar surface area (TPSA) is 67.7 Å². The van der Waals surface area contributed by atoms with E-state index in [4.69, 9.17) is 19.4 Å². The number of aliphatic hydroxyl groups is 1. The fourth-order valence-electron chi connectivity index (χ4n) is 4.50. The molecule has 31 heavy (non-hydrogen) atoms. The van der Waals surface area contributed by atoms with E-state index in [1.54, 1.807) is 14.2 Å². The lowest BCUT2D eigenvalue weighted by atomic mass is 9.77. The average Bonchev–Trinajstić information content (AvgIpc) is 2.71. The molecule has 1 aliphatic carbocycles. The minimum atomic E-state index is -0.693. The van der Waals surface area contributed by atoms with Gasteiger partial charge in [-0.3, -0.25) is 0 Å². The molecule has 0 atom stereocenters. The van der Waals surface area contributed by atoms with Crippen LogP contribution < -0.4 is 14.4 Å². The highest BCUT2D eigenvalue weighted by molar-refractivity contribution is 5.72. The zero-order valence-electron chi connectivity index (χ0n) is 19.9. The normalized spacial score (nSPS) is 14.8. The molecule has 1 aliphatic rings. The van der Waals surface area contributed by atoms with Crippen molar-refractivity contribution < 1.29 is 14.6 Å². The lowest BCUT2D eigenvalue weighted by Crippen LogP contribution is -2.40. The Bertz CT molecular complexity index is 903. The summed E-state index contributed by atoms with van der Waals surface area (Å²) in [7, 11) is 3.33. The Kier molecular flexibility index (Phi) is 7.42. The maximum atomic E-state index is 11.0. The van der Waals surface area contributed by atoms with Crippen molar-refractivity contribution >= 4 is 5.69 Å². The van der Waals surface area contributed by atoms with E-state index in [-0.39, 0.29) is 0 Å². The summed E-state index contributed by atoms with van der Waals surface area (Å²) < 4.78 is 11.5. The van der Waals surface area contributed by atoms with E-state index in [2.05, 4.69) is 31.7 Å². The fraction of sp³-hybridized carbons (Fsp3) is 0.600. The largest absolute Gasteiger partial charge is 0.496 e. The fourth-order valence-corrected chi connectivity index (χ4v) is 4.50. The molecule has 1 heterocycles. The Morgan fingerprint density at radius 3 is 2.23 bits per heavy atom. The number of nitrogens with zero attached hydrogens (tertiary/aromatic N) is 3. The average molecular weight is 428 g/mol. The van der Waals surface area contributed by atoms with Crippen molar-refractivity contribution in [2.75, 3.05) is 32.2 Å². The van der Waals surface area contributed by atoms with Gasteiger partial charge in [0.15, 0.2) is 5.82 Å². The number of hydrogen-bond acceptors (Lipinski definition) is 6. The first kappa shape index (κ1) is 23.3. The molecule has 3 rings (SSSR count). The van der Waals surface area contributed by atoms with Gasteiger partial charge in [-0.2, -0.15) is 4.98 Å². The number of rotatable bonds is 10. The van der Waals surface area contributed by atoms with Crippen LogP contribution >= 0.6 is 0 Å². The molecule has 1 aromatic heterocycles. The molecule has 1 aromatic carbocycles. The zero-order chi connectivity index (χ0) is 22.6. The Morgan fingerprint density at radius 1 is 1.03 bits per heavy atom. The SMILES string of the molecule is CCCN(CCC)c1c(CC2(O)CCC2)nc(-c2c(C)cc(C)cc2OC)nc1OC. The molecule has 0 spiro atoms. The minimum Gasteiger partial charge on any atom is -0.496 e. The van der Waals surface area contributed by atoms with Crippen molar-refractivity contribution in [3.05, 3.63) is 29.0 Å². The van der Waals surface area contributed by atoms with E-state index in [9.17, 15) is 5.11 Å². The second-order valence-electron chi connectivity index (χ2n) is 8.75. The molecule has 0 aliphatic heterocycles. The van der Waals surface area contributed by atoms with Gasteiger partial charge in [-0.25, -0.2) is 4.98 Å². The van der Waals surface area contributed by atoms with Crippen LogP contribution in [-0.2, 0) is 6.42 Å². The van der Waals surface area contributed by atoms with Crippen molar-refractivity contribution in [3.8, 4) is 23.0 Å². The molecule has 6 nitrogen and oxygen atoms in total. The van der Waals surface area contributed by atoms with Gasteiger partial charge >= 0.3 is 0 Å². The predicted octanol–water partition coefficient (Wildman–Crippen LogP) is 4.86. The van der Waals surface area contributed by atoms with Gasteiger partial charge < -0.3 is 19.5 Å². The third-order valence-electron chi connectivity index (χ3n) is 6.09. The Hall–Kier alpha value is -2.34. The summed E-state index contributed by atoms with van der Waals surface area (Å²) in [4.78, 5) is 12.2. The maximum Gasteiger partial charge on any atom is 0.241 e. The first-order valence-corrected chi connectivity index (χ1v) is 11.4. The number of anilines is 1. The number of hydrogen-bond donors (Lipinski definition) is 1. The van der Waals surface area contributed by atoms with E-state index in [0.717, 1.165) is 79.0 Å². The predicted molar refractivity (Wildman–Crippen MR) is 125 cm³/mol. The summed E-state index contributed by atoms with van der Waals surface area (Å²) in [5.41, 5.74) is 4.13. The van der Waals surface area contributed by atoms with Crippen molar-refractivity contribution in [2.45, 2.75) is 71.8 Å². The minimum absolute atomic E-state index is 0.505. The van der Waals surface area contributed by atoms with Gasteiger partial charge in [-0.15, -0.1) is 0 Å². The molecule has 1 saturated carbocycles. The number of aryl methyl sites for hydroxylation is 2. The summed E-state index contributed by atoms with van der Waals surface area (Å²) in [5, 5.41) is 11.0. The summed E-state index contributed by atoms with van der Waals surface area (Å²) in [6, 6.07) is 4.12. The first-order chi connectivity index (χ1) is 14.9. The summed E-state index contributed by atoms with van der Waals surface area (Å²) >= 11 is 0. The Labute approximate surface area is 186 Å². The Morgan fingerprint density at radius 2 is 1.71 bits per heavy atom. The lowest BCUT2D eigenvalue weighted by molar-refractivity contribution is -0.0329. The van der Waals surface area contributed by atoms with Crippen LogP contribution in [-0.4, -0.2) is 48.0 Å². The van der Waals surface area contributed by atoms with E-state index in [0.29, 0.717) is 18.1 Å². The molecule has 1 fully saturated rings. The van der Waals surface area contributed by atoms with E-state index < -0.39 is 5.60 Å². The number of aromatic nitrogens is 2. The number of ether oxygens (including phenoxy) is 2. The van der Waals surface area contributed by atoms with Gasteiger partial charge in [0.2, 0.25) is 5.88 Å². The summed E-state index contributed by atoms with van der Waals surface area (Å²) in [6.07, 6.45) is 5.20. The van der Waals surface area contributed by atoms with Crippen LogP contribution in [0.2, 0.25) is 0 Å². The van der Waals surface area contributed by atoms with E-state index in [1.807, 2.05) is 13.0 Å². The third kappa shape index (κ3) is 4.95. The van der Waals surface area contributed by atoms with Crippen molar-refractivity contribution in [2.24, 2.45) is 0 Å². The molecule has 0 saturated heterocycles. The van der Waals surface area contributed by atoms with Crippen LogP contribution in [0.5, 0.6) is 11.6 Å². The molecule has 170 valence electrons. The van der Waals surface area contributed by atoms with Crippen LogP contribution in [0.1, 0.15) is 62.8 Å². The van der Waals surface area contributed by atoms with Gasteiger partial charge in [0.1, 0.15) is 11.4 Å². The highest BCUT2D eigenvalue weighted by atomic mass is 16.5. The second-order valence-corrected chi connectivity index (χ2v) is 8.75. The van der Waals surface area contributed by atoms with Crippen molar-refractivity contribution in [1.82, 2.24) is 9.97 Å². The monoisotopic (exact) mass is 427 g/mol. The van der Waals surface area contributed by atoms with Gasteiger partial charge in [0.05, 0.1) is 31.1 Å². The molecular formula is C25H37N3O3.